The molecular formula is C23H23FN4O2. The first-order valence-electron chi connectivity index (χ1n) is 9.65. The molecule has 0 spiro atoms. The fraction of sp³-hybridized carbons (Fsp3) is 0.217. The van der Waals surface area contributed by atoms with Gasteiger partial charge in [-0.15, -0.1) is 0 Å². The van der Waals surface area contributed by atoms with Gasteiger partial charge in [-0.2, -0.15) is 5.10 Å². The molecule has 6 nitrogen and oxygen atoms in total. The normalized spacial score (nSPS) is 12.3. The van der Waals surface area contributed by atoms with Gasteiger partial charge >= 0.3 is 0 Å². The van der Waals surface area contributed by atoms with Gasteiger partial charge in [-0.1, -0.05) is 17.3 Å². The van der Waals surface area contributed by atoms with E-state index in [0.29, 0.717) is 12.2 Å². The topological polar surface area (TPSA) is 56.3 Å². The smallest absolute Gasteiger partial charge is 0.148 e. The highest BCUT2D eigenvalue weighted by Crippen LogP contribution is 2.29. The molecule has 2 aromatic heterocycles. The van der Waals surface area contributed by atoms with Crippen LogP contribution in [0.15, 0.2) is 71.6 Å². The highest BCUT2D eigenvalue weighted by molar-refractivity contribution is 5.64. The zero-order chi connectivity index (χ0) is 21.1. The van der Waals surface area contributed by atoms with Crippen molar-refractivity contribution in [1.82, 2.24) is 19.8 Å². The number of ether oxygens (including phenoxy) is 1. The third-order valence-electron chi connectivity index (χ3n) is 5.22. The Balaban J connectivity index is 1.72. The lowest BCUT2D eigenvalue weighted by Crippen LogP contribution is -2.22. The number of nitrogens with zero attached hydrogens (tertiary/aromatic N) is 4. The summed E-state index contributed by atoms with van der Waals surface area (Å²) in [6.45, 7) is 2.66. The van der Waals surface area contributed by atoms with Crippen molar-refractivity contribution in [2.24, 2.45) is 0 Å². The fourth-order valence-electron chi connectivity index (χ4n) is 3.35. The lowest BCUT2D eigenvalue weighted by atomic mass is 10.1. The minimum atomic E-state index is -0.322. The molecule has 2 heterocycles. The molecule has 0 radical (unpaired) electrons. The number of aromatic nitrogens is 3. The Hall–Kier alpha value is -3.45. The third-order valence-corrected chi connectivity index (χ3v) is 5.22. The Morgan fingerprint density at radius 2 is 1.90 bits per heavy atom. The van der Waals surface area contributed by atoms with Crippen molar-refractivity contribution >= 4 is 0 Å². The monoisotopic (exact) mass is 406 g/mol. The van der Waals surface area contributed by atoms with Crippen molar-refractivity contribution < 1.29 is 13.7 Å². The van der Waals surface area contributed by atoms with Crippen LogP contribution in [0.2, 0.25) is 0 Å². The van der Waals surface area contributed by atoms with Gasteiger partial charge in [-0.3, -0.25) is 4.90 Å². The molecule has 0 amide bonds. The summed E-state index contributed by atoms with van der Waals surface area (Å²) >= 11 is 0. The van der Waals surface area contributed by atoms with Gasteiger partial charge in [0, 0.05) is 29.9 Å². The minimum absolute atomic E-state index is 0.0456. The Morgan fingerprint density at radius 1 is 1.13 bits per heavy atom. The summed E-state index contributed by atoms with van der Waals surface area (Å²) in [6.07, 6.45) is 3.45. The summed E-state index contributed by atoms with van der Waals surface area (Å²) < 4.78 is 26.2. The molecule has 0 fully saturated rings. The number of halogens is 1. The molecule has 0 saturated carbocycles. The first-order chi connectivity index (χ1) is 14.6. The zero-order valence-corrected chi connectivity index (χ0v) is 17.1. The first kappa shape index (κ1) is 19.8. The molecular weight excluding hydrogens is 383 g/mol. The van der Waals surface area contributed by atoms with E-state index in [9.17, 15) is 4.39 Å². The molecule has 4 rings (SSSR count). The molecule has 1 atom stereocenters. The van der Waals surface area contributed by atoms with Gasteiger partial charge in [-0.25, -0.2) is 9.07 Å². The molecule has 0 N–H and O–H groups in total. The second-order valence-electron chi connectivity index (χ2n) is 7.14. The van der Waals surface area contributed by atoms with Crippen LogP contribution in [0.1, 0.15) is 24.2 Å². The van der Waals surface area contributed by atoms with E-state index in [2.05, 4.69) is 17.0 Å². The molecule has 4 aromatic rings. The maximum absolute atomic E-state index is 14.4. The van der Waals surface area contributed by atoms with Crippen LogP contribution in [-0.4, -0.2) is 34.0 Å². The summed E-state index contributed by atoms with van der Waals surface area (Å²) in [5.41, 5.74) is 3.96. The second-order valence-corrected chi connectivity index (χ2v) is 7.14. The third kappa shape index (κ3) is 3.97. The van der Waals surface area contributed by atoms with Gasteiger partial charge in [0.15, 0.2) is 0 Å². The maximum atomic E-state index is 14.4. The van der Waals surface area contributed by atoms with Crippen LogP contribution in [0, 0.1) is 5.82 Å². The quantitative estimate of drug-likeness (QED) is 0.438. The van der Waals surface area contributed by atoms with E-state index in [0.717, 1.165) is 28.3 Å². The number of para-hydroxylation sites is 1. The van der Waals surface area contributed by atoms with E-state index in [1.54, 1.807) is 36.3 Å². The van der Waals surface area contributed by atoms with Crippen LogP contribution in [0.25, 0.3) is 16.9 Å². The van der Waals surface area contributed by atoms with E-state index in [1.807, 2.05) is 43.6 Å². The van der Waals surface area contributed by atoms with E-state index < -0.39 is 0 Å². The molecule has 0 bridgehead atoms. The van der Waals surface area contributed by atoms with Crippen LogP contribution < -0.4 is 4.74 Å². The van der Waals surface area contributed by atoms with Gasteiger partial charge in [0.2, 0.25) is 0 Å². The van der Waals surface area contributed by atoms with Gasteiger partial charge < -0.3 is 9.26 Å². The van der Waals surface area contributed by atoms with Crippen LogP contribution in [-0.2, 0) is 6.54 Å². The Morgan fingerprint density at radius 3 is 2.57 bits per heavy atom. The molecule has 0 aliphatic carbocycles. The molecule has 0 aliphatic rings. The molecule has 0 aliphatic heterocycles. The van der Waals surface area contributed by atoms with Crippen molar-refractivity contribution in [1.29, 1.82) is 0 Å². The van der Waals surface area contributed by atoms with E-state index >= 15 is 0 Å². The standard InChI is InChI=1S/C23H23FN4O2/c1-16(21-12-13-30-26-21)27(2)14-18-15-28(22-7-5-4-6-20(22)24)25-23(18)17-8-10-19(29-3)11-9-17/h4-13,15-16H,14H2,1-3H3. The first-order valence-corrected chi connectivity index (χ1v) is 9.65. The Labute approximate surface area is 174 Å². The van der Waals surface area contributed by atoms with Gasteiger partial charge in [0.05, 0.1) is 18.8 Å². The summed E-state index contributed by atoms with van der Waals surface area (Å²) in [4.78, 5) is 2.15. The van der Waals surface area contributed by atoms with Crippen molar-refractivity contribution in [2.75, 3.05) is 14.2 Å². The predicted molar refractivity (Wildman–Crippen MR) is 112 cm³/mol. The average molecular weight is 406 g/mol. The van der Waals surface area contributed by atoms with E-state index in [1.165, 1.54) is 6.07 Å². The van der Waals surface area contributed by atoms with Crippen molar-refractivity contribution in [3.05, 3.63) is 84.1 Å². The molecule has 7 heteroatoms. The summed E-state index contributed by atoms with van der Waals surface area (Å²) in [7, 11) is 3.64. The van der Waals surface area contributed by atoms with Crippen molar-refractivity contribution in [2.45, 2.75) is 19.5 Å². The second kappa shape index (κ2) is 8.51. The van der Waals surface area contributed by atoms with Crippen LogP contribution >= 0.6 is 0 Å². The number of hydrogen-bond donors (Lipinski definition) is 0. The lowest BCUT2D eigenvalue weighted by Gasteiger charge is -2.22. The molecule has 30 heavy (non-hydrogen) atoms. The zero-order valence-electron chi connectivity index (χ0n) is 17.1. The summed E-state index contributed by atoms with van der Waals surface area (Å²) in [5.74, 6) is 0.447. The van der Waals surface area contributed by atoms with E-state index in [-0.39, 0.29) is 11.9 Å². The van der Waals surface area contributed by atoms with E-state index in [4.69, 9.17) is 14.4 Å². The van der Waals surface area contributed by atoms with Crippen LogP contribution in [0.4, 0.5) is 4.39 Å². The fourth-order valence-corrected chi connectivity index (χ4v) is 3.35. The van der Waals surface area contributed by atoms with Gasteiger partial charge in [0.1, 0.15) is 29.2 Å². The Kier molecular flexibility index (Phi) is 5.63. The number of benzene rings is 2. The molecule has 0 saturated heterocycles. The maximum Gasteiger partial charge on any atom is 0.148 e. The number of rotatable bonds is 7. The lowest BCUT2D eigenvalue weighted by molar-refractivity contribution is 0.241. The summed E-state index contributed by atoms with van der Waals surface area (Å²) in [6, 6.07) is 16.2. The van der Waals surface area contributed by atoms with Crippen molar-refractivity contribution in [3.8, 4) is 22.7 Å². The predicted octanol–water partition coefficient (Wildman–Crippen LogP) is 4.87. The highest BCUT2D eigenvalue weighted by atomic mass is 19.1. The largest absolute Gasteiger partial charge is 0.497 e. The highest BCUT2D eigenvalue weighted by Gasteiger charge is 2.20. The number of methoxy groups -OCH3 is 1. The molecule has 2 aromatic carbocycles. The van der Waals surface area contributed by atoms with Gasteiger partial charge in [0.25, 0.3) is 0 Å². The minimum Gasteiger partial charge on any atom is -0.497 e. The summed E-state index contributed by atoms with van der Waals surface area (Å²) in [5, 5.41) is 8.76. The van der Waals surface area contributed by atoms with Gasteiger partial charge in [-0.05, 0) is 50.4 Å². The molecule has 1 unspecified atom stereocenters. The van der Waals surface area contributed by atoms with Crippen LogP contribution in [0.3, 0.4) is 0 Å². The molecule has 154 valence electrons. The van der Waals surface area contributed by atoms with Crippen molar-refractivity contribution in [3.63, 3.8) is 0 Å². The SMILES string of the molecule is COc1ccc(-c2nn(-c3ccccc3F)cc2CN(C)C(C)c2ccon2)cc1. The van der Waals surface area contributed by atoms with Crippen LogP contribution in [0.5, 0.6) is 5.75 Å². The number of hydrogen-bond acceptors (Lipinski definition) is 5. The average Bonchev–Trinajstić information content (AvgIpc) is 3.44. The Bertz CT molecular complexity index is 1110.